The Morgan fingerprint density at radius 1 is 1.21 bits per heavy atom. The van der Waals surface area contributed by atoms with Gasteiger partial charge in [-0.05, 0) is 48.7 Å². The first-order valence-corrected chi connectivity index (χ1v) is 10.7. The SMILES string of the molecule is CCc1noc(NC(C)=O)c1-c1ccc(C)c(S(=O)(=O)Nc2cccc(Cl)c2)c1. The maximum absolute atomic E-state index is 13.0. The first-order valence-electron chi connectivity index (χ1n) is 8.87. The Hall–Kier alpha value is -2.84. The molecule has 0 spiro atoms. The van der Waals surface area contributed by atoms with Crippen LogP contribution >= 0.6 is 11.6 Å². The van der Waals surface area contributed by atoms with Gasteiger partial charge < -0.3 is 4.52 Å². The van der Waals surface area contributed by atoms with E-state index in [9.17, 15) is 13.2 Å². The molecule has 0 bridgehead atoms. The second-order valence-electron chi connectivity index (χ2n) is 6.46. The fraction of sp³-hybridized carbons (Fsp3) is 0.200. The van der Waals surface area contributed by atoms with Crippen LogP contribution in [-0.4, -0.2) is 19.5 Å². The lowest BCUT2D eigenvalue weighted by Crippen LogP contribution is -2.14. The standard InChI is InChI=1S/C20H20ClN3O4S/c1-4-17-19(20(28-23-17)22-13(3)25)14-9-8-12(2)18(10-14)29(26,27)24-16-7-5-6-15(21)11-16/h5-11,24H,4H2,1-3H3,(H,22,25). The number of sulfonamides is 1. The number of benzene rings is 2. The summed E-state index contributed by atoms with van der Waals surface area (Å²) in [7, 11) is -3.88. The van der Waals surface area contributed by atoms with E-state index in [4.69, 9.17) is 16.1 Å². The lowest BCUT2D eigenvalue weighted by Gasteiger charge is -2.13. The molecular formula is C20H20ClN3O4S. The fourth-order valence-electron chi connectivity index (χ4n) is 2.91. The van der Waals surface area contributed by atoms with Crippen molar-refractivity contribution in [3.8, 4) is 11.1 Å². The number of carbonyl (C=O) groups excluding carboxylic acids is 1. The van der Waals surface area contributed by atoms with Crippen LogP contribution in [-0.2, 0) is 21.2 Å². The average molecular weight is 434 g/mol. The van der Waals surface area contributed by atoms with Crippen LogP contribution in [0.1, 0.15) is 25.1 Å². The van der Waals surface area contributed by atoms with Crippen LogP contribution in [0.5, 0.6) is 0 Å². The number of aryl methyl sites for hydroxylation is 2. The van der Waals surface area contributed by atoms with Gasteiger partial charge in [-0.1, -0.05) is 41.9 Å². The number of halogens is 1. The molecule has 29 heavy (non-hydrogen) atoms. The molecule has 2 N–H and O–H groups in total. The molecule has 152 valence electrons. The number of carbonyl (C=O) groups is 1. The Morgan fingerprint density at radius 2 is 1.97 bits per heavy atom. The third-order valence-corrected chi connectivity index (χ3v) is 5.99. The fourth-order valence-corrected chi connectivity index (χ4v) is 4.43. The Balaban J connectivity index is 2.07. The Labute approximate surface area is 174 Å². The van der Waals surface area contributed by atoms with Crippen molar-refractivity contribution in [1.29, 1.82) is 0 Å². The van der Waals surface area contributed by atoms with Gasteiger partial charge in [-0.3, -0.25) is 14.8 Å². The number of nitrogens with zero attached hydrogens (tertiary/aromatic N) is 1. The number of amides is 1. The molecule has 1 amide bonds. The van der Waals surface area contributed by atoms with Gasteiger partial charge in [0.25, 0.3) is 10.0 Å². The number of hydrogen-bond donors (Lipinski definition) is 2. The summed E-state index contributed by atoms with van der Waals surface area (Å²) >= 11 is 5.95. The lowest BCUT2D eigenvalue weighted by atomic mass is 10.0. The van der Waals surface area contributed by atoms with Gasteiger partial charge in [0.05, 0.1) is 21.8 Å². The van der Waals surface area contributed by atoms with Crippen molar-refractivity contribution < 1.29 is 17.7 Å². The number of anilines is 2. The quantitative estimate of drug-likeness (QED) is 0.590. The molecule has 0 fully saturated rings. The summed E-state index contributed by atoms with van der Waals surface area (Å²) in [5.41, 5.74) is 2.67. The van der Waals surface area contributed by atoms with E-state index in [2.05, 4.69) is 15.2 Å². The van der Waals surface area contributed by atoms with Gasteiger partial charge in [0.2, 0.25) is 11.8 Å². The number of aromatic nitrogens is 1. The third kappa shape index (κ3) is 4.60. The summed E-state index contributed by atoms with van der Waals surface area (Å²) in [6.45, 7) is 4.96. The molecule has 7 nitrogen and oxygen atoms in total. The Bertz CT molecular complexity index is 1170. The second kappa shape index (κ2) is 8.26. The van der Waals surface area contributed by atoms with E-state index in [1.54, 1.807) is 43.3 Å². The molecule has 3 rings (SSSR count). The highest BCUT2D eigenvalue weighted by Gasteiger charge is 2.22. The Kier molecular flexibility index (Phi) is 5.95. The molecular weight excluding hydrogens is 414 g/mol. The maximum atomic E-state index is 13.0. The highest BCUT2D eigenvalue weighted by Crippen LogP contribution is 2.34. The van der Waals surface area contributed by atoms with Crippen molar-refractivity contribution in [2.24, 2.45) is 0 Å². The van der Waals surface area contributed by atoms with Gasteiger partial charge in [-0.2, -0.15) is 0 Å². The summed E-state index contributed by atoms with van der Waals surface area (Å²) < 4.78 is 33.8. The molecule has 3 aromatic rings. The van der Waals surface area contributed by atoms with Crippen LogP contribution in [0.15, 0.2) is 51.9 Å². The third-order valence-electron chi connectivity index (χ3n) is 4.23. The van der Waals surface area contributed by atoms with Crippen molar-refractivity contribution in [2.75, 3.05) is 10.0 Å². The van der Waals surface area contributed by atoms with Gasteiger partial charge in [0.15, 0.2) is 0 Å². The average Bonchev–Trinajstić information content (AvgIpc) is 3.03. The molecule has 0 aliphatic carbocycles. The zero-order valence-corrected chi connectivity index (χ0v) is 17.7. The molecule has 0 unspecified atom stereocenters. The molecule has 0 aliphatic heterocycles. The van der Waals surface area contributed by atoms with Crippen molar-refractivity contribution in [3.63, 3.8) is 0 Å². The first kappa shape index (κ1) is 20.9. The normalized spacial score (nSPS) is 11.3. The van der Waals surface area contributed by atoms with Crippen molar-refractivity contribution in [1.82, 2.24) is 5.16 Å². The number of hydrogen-bond acceptors (Lipinski definition) is 5. The highest BCUT2D eigenvalue weighted by molar-refractivity contribution is 7.92. The second-order valence-corrected chi connectivity index (χ2v) is 8.55. The molecule has 0 saturated carbocycles. The molecule has 0 aliphatic rings. The van der Waals surface area contributed by atoms with Gasteiger partial charge >= 0.3 is 0 Å². The molecule has 0 saturated heterocycles. The van der Waals surface area contributed by atoms with E-state index >= 15 is 0 Å². The van der Waals surface area contributed by atoms with Gasteiger partial charge in [-0.15, -0.1) is 0 Å². The van der Waals surface area contributed by atoms with Gasteiger partial charge in [0, 0.05) is 11.9 Å². The van der Waals surface area contributed by atoms with Crippen LogP contribution in [0.3, 0.4) is 0 Å². The van der Waals surface area contributed by atoms with Crippen LogP contribution in [0, 0.1) is 6.92 Å². The Morgan fingerprint density at radius 3 is 2.62 bits per heavy atom. The van der Waals surface area contributed by atoms with Crippen molar-refractivity contribution in [3.05, 3.63) is 58.7 Å². The summed E-state index contributed by atoms with van der Waals surface area (Å²) in [5.74, 6) is -0.128. The van der Waals surface area contributed by atoms with Gasteiger partial charge in [-0.25, -0.2) is 8.42 Å². The van der Waals surface area contributed by atoms with Crippen LogP contribution in [0.4, 0.5) is 11.6 Å². The minimum Gasteiger partial charge on any atom is -0.337 e. The monoisotopic (exact) mass is 433 g/mol. The molecule has 2 aromatic carbocycles. The molecule has 0 atom stereocenters. The topological polar surface area (TPSA) is 101 Å². The molecule has 1 aromatic heterocycles. The summed E-state index contributed by atoms with van der Waals surface area (Å²) in [5, 5.41) is 7.01. The predicted octanol–water partition coefficient (Wildman–Crippen LogP) is 4.63. The summed E-state index contributed by atoms with van der Waals surface area (Å²) in [6.07, 6.45) is 0.551. The van der Waals surface area contributed by atoms with Crippen molar-refractivity contribution >= 4 is 39.1 Å². The largest absolute Gasteiger partial charge is 0.337 e. The van der Waals surface area contributed by atoms with Crippen molar-refractivity contribution in [2.45, 2.75) is 32.1 Å². The van der Waals surface area contributed by atoms with Crippen LogP contribution in [0.25, 0.3) is 11.1 Å². The van der Waals surface area contributed by atoms with Crippen LogP contribution < -0.4 is 10.0 Å². The van der Waals surface area contributed by atoms with Gasteiger partial charge in [0.1, 0.15) is 0 Å². The van der Waals surface area contributed by atoms with E-state index in [0.29, 0.717) is 39.5 Å². The predicted molar refractivity (Wildman–Crippen MR) is 113 cm³/mol. The lowest BCUT2D eigenvalue weighted by molar-refractivity contribution is -0.114. The number of rotatable bonds is 6. The van der Waals surface area contributed by atoms with E-state index in [0.717, 1.165) is 0 Å². The highest BCUT2D eigenvalue weighted by atomic mass is 35.5. The molecule has 9 heteroatoms. The van der Waals surface area contributed by atoms with E-state index < -0.39 is 10.0 Å². The smallest absolute Gasteiger partial charge is 0.262 e. The maximum Gasteiger partial charge on any atom is 0.262 e. The van der Waals surface area contributed by atoms with E-state index in [1.165, 1.54) is 13.0 Å². The zero-order valence-electron chi connectivity index (χ0n) is 16.1. The summed E-state index contributed by atoms with van der Waals surface area (Å²) in [4.78, 5) is 11.6. The first-order chi connectivity index (χ1) is 13.7. The summed E-state index contributed by atoms with van der Waals surface area (Å²) in [6, 6.07) is 11.5. The van der Waals surface area contributed by atoms with E-state index in [1.807, 2.05) is 6.92 Å². The molecule has 0 radical (unpaired) electrons. The van der Waals surface area contributed by atoms with E-state index in [-0.39, 0.29) is 16.7 Å². The molecule has 1 heterocycles. The minimum atomic E-state index is -3.88. The number of nitrogens with one attached hydrogen (secondary N) is 2. The minimum absolute atomic E-state index is 0.104. The zero-order chi connectivity index (χ0) is 21.2. The van der Waals surface area contributed by atoms with Crippen LogP contribution in [0.2, 0.25) is 5.02 Å².